The minimum absolute atomic E-state index is 0.0831. The molecular weight excluding hydrogens is 239 g/mol. The summed E-state index contributed by atoms with van der Waals surface area (Å²) in [5.41, 5.74) is 0.482. The summed E-state index contributed by atoms with van der Waals surface area (Å²) < 4.78 is 37.4. The Balaban J connectivity index is 2.11. The Morgan fingerprint density at radius 1 is 1.22 bits per heavy atom. The molecule has 0 amide bonds. The molecule has 1 aliphatic heterocycles. The van der Waals surface area contributed by atoms with E-state index >= 15 is 0 Å². The highest BCUT2D eigenvalue weighted by Gasteiger charge is 2.33. The average Bonchev–Trinajstić information content (AvgIpc) is 2.78. The van der Waals surface area contributed by atoms with Crippen molar-refractivity contribution in [1.29, 1.82) is 0 Å². The fraction of sp³-hybridized carbons (Fsp3) is 0.571. The molecule has 1 aromatic carbocycles. The molecule has 1 atom stereocenters. The second-order valence-corrected chi connectivity index (χ2v) is 5.04. The van der Waals surface area contributed by atoms with Crippen LogP contribution in [0, 0.1) is 0 Å². The molecule has 1 aliphatic rings. The summed E-state index contributed by atoms with van der Waals surface area (Å²) >= 11 is 0. The van der Waals surface area contributed by atoms with E-state index in [1.54, 1.807) is 12.1 Å². The smallest absolute Gasteiger partial charge is 0.311 e. The van der Waals surface area contributed by atoms with Gasteiger partial charge in [0, 0.05) is 5.54 Å². The predicted molar refractivity (Wildman–Crippen MR) is 65.4 cm³/mol. The van der Waals surface area contributed by atoms with Crippen LogP contribution in [0.5, 0.6) is 0 Å². The molecule has 18 heavy (non-hydrogen) atoms. The second kappa shape index (κ2) is 4.92. The molecule has 0 spiro atoms. The van der Waals surface area contributed by atoms with E-state index in [4.69, 9.17) is 0 Å². The summed E-state index contributed by atoms with van der Waals surface area (Å²) in [6.45, 7) is 3.14. The Kier molecular flexibility index (Phi) is 3.66. The van der Waals surface area contributed by atoms with Crippen LogP contribution in [0.4, 0.5) is 13.2 Å². The maximum atomic E-state index is 12.5. The molecule has 0 saturated carbocycles. The molecule has 100 valence electrons. The first kappa shape index (κ1) is 13.4. The maximum Gasteiger partial charge on any atom is 0.416 e. The zero-order chi connectivity index (χ0) is 13.2. The van der Waals surface area contributed by atoms with Crippen molar-refractivity contribution in [2.24, 2.45) is 0 Å². The quantitative estimate of drug-likeness (QED) is 0.869. The van der Waals surface area contributed by atoms with Gasteiger partial charge in [0.05, 0.1) is 5.56 Å². The van der Waals surface area contributed by atoms with Gasteiger partial charge in [-0.3, -0.25) is 0 Å². The van der Waals surface area contributed by atoms with Crippen molar-refractivity contribution >= 4 is 0 Å². The molecule has 1 unspecified atom stereocenters. The lowest BCUT2D eigenvalue weighted by molar-refractivity contribution is -0.137. The van der Waals surface area contributed by atoms with Crippen LogP contribution < -0.4 is 5.32 Å². The first-order valence-electron chi connectivity index (χ1n) is 6.36. The zero-order valence-electron chi connectivity index (χ0n) is 10.5. The highest BCUT2D eigenvalue weighted by Crippen LogP contribution is 2.31. The van der Waals surface area contributed by atoms with Gasteiger partial charge in [-0.15, -0.1) is 0 Å². The second-order valence-electron chi connectivity index (χ2n) is 5.04. The van der Waals surface area contributed by atoms with Crippen LogP contribution in [0.15, 0.2) is 24.3 Å². The highest BCUT2D eigenvalue weighted by molar-refractivity contribution is 5.26. The fourth-order valence-corrected chi connectivity index (χ4v) is 2.65. The van der Waals surface area contributed by atoms with Crippen molar-refractivity contribution in [3.05, 3.63) is 35.4 Å². The summed E-state index contributed by atoms with van der Waals surface area (Å²) in [5, 5.41) is 3.49. The predicted octanol–water partition coefficient (Wildman–Crippen LogP) is 3.78. The normalized spacial score (nSPS) is 24.4. The van der Waals surface area contributed by atoms with Gasteiger partial charge in [0.25, 0.3) is 0 Å². The molecule has 1 aromatic rings. The van der Waals surface area contributed by atoms with Crippen molar-refractivity contribution in [3.8, 4) is 0 Å². The number of hydrogen-bond donors (Lipinski definition) is 1. The average molecular weight is 257 g/mol. The first-order chi connectivity index (χ1) is 8.45. The molecule has 1 N–H and O–H groups in total. The maximum absolute atomic E-state index is 12.5. The van der Waals surface area contributed by atoms with E-state index in [0.717, 1.165) is 37.8 Å². The SMILES string of the molecule is CCC1(Cc2ccc(C(F)(F)F)cc2)CCCN1. The Hall–Kier alpha value is -1.03. The first-order valence-corrected chi connectivity index (χ1v) is 6.36. The fourth-order valence-electron chi connectivity index (χ4n) is 2.65. The summed E-state index contributed by atoms with van der Waals surface area (Å²) in [4.78, 5) is 0. The van der Waals surface area contributed by atoms with Gasteiger partial charge in [-0.2, -0.15) is 13.2 Å². The topological polar surface area (TPSA) is 12.0 Å². The third-order valence-electron chi connectivity index (χ3n) is 3.83. The number of benzene rings is 1. The number of alkyl halides is 3. The van der Waals surface area contributed by atoms with Gasteiger partial charge in [0.15, 0.2) is 0 Å². The van der Waals surface area contributed by atoms with E-state index in [-0.39, 0.29) is 5.54 Å². The van der Waals surface area contributed by atoms with E-state index < -0.39 is 11.7 Å². The molecule has 2 rings (SSSR count). The minimum atomic E-state index is -4.24. The molecular formula is C14H18F3N. The standard InChI is InChI=1S/C14H18F3N/c1-2-13(8-3-9-18-13)10-11-4-6-12(7-5-11)14(15,16)17/h4-7,18H,2-3,8-10H2,1H3. The summed E-state index contributed by atoms with van der Waals surface area (Å²) in [6, 6.07) is 5.54. The molecule has 0 bridgehead atoms. The van der Waals surface area contributed by atoms with Gasteiger partial charge in [-0.25, -0.2) is 0 Å². The van der Waals surface area contributed by atoms with Crippen molar-refractivity contribution in [3.63, 3.8) is 0 Å². The van der Waals surface area contributed by atoms with Gasteiger partial charge in [0.2, 0.25) is 0 Å². The van der Waals surface area contributed by atoms with Crippen LogP contribution in [-0.4, -0.2) is 12.1 Å². The van der Waals surface area contributed by atoms with Gasteiger partial charge in [-0.1, -0.05) is 19.1 Å². The van der Waals surface area contributed by atoms with Crippen LogP contribution in [-0.2, 0) is 12.6 Å². The van der Waals surface area contributed by atoms with Crippen LogP contribution in [0.2, 0.25) is 0 Å². The summed E-state index contributed by atoms with van der Waals surface area (Å²) in [7, 11) is 0. The molecule has 0 radical (unpaired) electrons. The Morgan fingerprint density at radius 3 is 2.33 bits per heavy atom. The summed E-state index contributed by atoms with van der Waals surface area (Å²) in [6.07, 6.45) is -0.179. The monoisotopic (exact) mass is 257 g/mol. The van der Waals surface area contributed by atoms with Crippen LogP contribution in [0.1, 0.15) is 37.3 Å². The Morgan fingerprint density at radius 2 is 1.89 bits per heavy atom. The summed E-state index contributed by atoms with van der Waals surface area (Å²) in [5.74, 6) is 0. The molecule has 1 heterocycles. The third-order valence-corrected chi connectivity index (χ3v) is 3.83. The number of hydrogen-bond acceptors (Lipinski definition) is 1. The van der Waals surface area contributed by atoms with Crippen molar-refractivity contribution in [2.45, 2.75) is 44.3 Å². The molecule has 1 saturated heterocycles. The van der Waals surface area contributed by atoms with Gasteiger partial charge < -0.3 is 5.32 Å². The van der Waals surface area contributed by atoms with E-state index in [1.165, 1.54) is 12.1 Å². The Labute approximate surface area is 105 Å². The van der Waals surface area contributed by atoms with Crippen LogP contribution >= 0.6 is 0 Å². The Bertz CT molecular complexity index is 388. The zero-order valence-corrected chi connectivity index (χ0v) is 10.5. The van der Waals surface area contributed by atoms with Crippen LogP contribution in [0.25, 0.3) is 0 Å². The van der Waals surface area contributed by atoms with Crippen LogP contribution in [0.3, 0.4) is 0 Å². The molecule has 1 fully saturated rings. The largest absolute Gasteiger partial charge is 0.416 e. The number of rotatable bonds is 3. The lowest BCUT2D eigenvalue weighted by Gasteiger charge is -2.28. The minimum Gasteiger partial charge on any atom is -0.311 e. The number of halogens is 3. The van der Waals surface area contributed by atoms with E-state index in [0.29, 0.717) is 0 Å². The molecule has 0 aliphatic carbocycles. The van der Waals surface area contributed by atoms with Gasteiger partial charge in [-0.05, 0) is 49.9 Å². The van der Waals surface area contributed by atoms with Crippen molar-refractivity contribution in [1.82, 2.24) is 5.32 Å². The number of nitrogens with one attached hydrogen (secondary N) is 1. The van der Waals surface area contributed by atoms with Crippen molar-refractivity contribution in [2.75, 3.05) is 6.54 Å². The van der Waals surface area contributed by atoms with E-state index in [1.807, 2.05) is 0 Å². The molecule has 1 nitrogen and oxygen atoms in total. The molecule has 4 heteroatoms. The van der Waals surface area contributed by atoms with E-state index in [9.17, 15) is 13.2 Å². The lowest BCUT2D eigenvalue weighted by atomic mass is 9.87. The van der Waals surface area contributed by atoms with Crippen molar-refractivity contribution < 1.29 is 13.2 Å². The lowest BCUT2D eigenvalue weighted by Crippen LogP contribution is -2.41. The third kappa shape index (κ3) is 2.86. The van der Waals surface area contributed by atoms with Gasteiger partial charge >= 0.3 is 6.18 Å². The van der Waals surface area contributed by atoms with Gasteiger partial charge in [0.1, 0.15) is 0 Å². The highest BCUT2D eigenvalue weighted by atomic mass is 19.4. The molecule has 0 aromatic heterocycles. The van der Waals surface area contributed by atoms with E-state index in [2.05, 4.69) is 12.2 Å².